The maximum absolute atomic E-state index is 13.6. The lowest BCUT2D eigenvalue weighted by Gasteiger charge is -2.18. The molecule has 3 aromatic heterocycles. The Kier molecular flexibility index (Phi) is 5.83. The standard InChI is InChI=1S/C24H20F4N6O/c1-29-23-30-11-10-18(32-23)22-21(14-2-5-16(25)6-3-14)33-19-8-7-17(34(19)22)13-35-20-9-4-15(12-31-20)24(26,27)28/h2-6,9-12,17H,7-8,13H2,1H3,(H,29,30,32)/t17-/m0/s1. The summed E-state index contributed by atoms with van der Waals surface area (Å²) in [5, 5.41) is 2.92. The van der Waals surface area contributed by atoms with Gasteiger partial charge in [0.1, 0.15) is 18.2 Å². The fourth-order valence-corrected chi connectivity index (χ4v) is 4.11. The number of hydrogen-bond donors (Lipinski definition) is 1. The molecule has 0 unspecified atom stereocenters. The number of fused-ring (bicyclic) bond motifs is 1. The third-order valence-corrected chi connectivity index (χ3v) is 5.78. The number of rotatable bonds is 6. The fourth-order valence-electron chi connectivity index (χ4n) is 4.11. The van der Waals surface area contributed by atoms with Crippen LogP contribution >= 0.6 is 0 Å². The lowest BCUT2D eigenvalue weighted by molar-refractivity contribution is -0.137. The lowest BCUT2D eigenvalue weighted by atomic mass is 10.1. The predicted octanol–water partition coefficient (Wildman–Crippen LogP) is 5.17. The molecule has 35 heavy (non-hydrogen) atoms. The molecule has 5 rings (SSSR count). The van der Waals surface area contributed by atoms with Gasteiger partial charge in [-0.05, 0) is 42.8 Å². The zero-order valence-electron chi connectivity index (χ0n) is 18.6. The van der Waals surface area contributed by atoms with Gasteiger partial charge in [0.05, 0.1) is 28.7 Å². The van der Waals surface area contributed by atoms with Crippen molar-refractivity contribution < 1.29 is 22.3 Å². The van der Waals surface area contributed by atoms with E-state index in [0.29, 0.717) is 23.8 Å². The third-order valence-electron chi connectivity index (χ3n) is 5.78. The van der Waals surface area contributed by atoms with Crippen LogP contribution in [0.25, 0.3) is 22.6 Å². The van der Waals surface area contributed by atoms with Gasteiger partial charge in [0.25, 0.3) is 0 Å². The first-order valence-corrected chi connectivity index (χ1v) is 10.9. The summed E-state index contributed by atoms with van der Waals surface area (Å²) >= 11 is 0. The molecular weight excluding hydrogens is 464 g/mol. The number of ether oxygens (including phenoxy) is 1. The highest BCUT2D eigenvalue weighted by molar-refractivity contribution is 5.78. The van der Waals surface area contributed by atoms with E-state index in [1.54, 1.807) is 31.4 Å². The summed E-state index contributed by atoms with van der Waals surface area (Å²) < 4.78 is 59.8. The van der Waals surface area contributed by atoms with Crippen LogP contribution in [0.2, 0.25) is 0 Å². The molecule has 11 heteroatoms. The number of halogens is 4. The SMILES string of the molecule is CNc1nccc(-c2c(-c3ccc(F)cc3)nc3n2[C@H](COc2ccc(C(F)(F)F)cn2)CC3)n1. The molecule has 0 amide bonds. The third kappa shape index (κ3) is 4.53. The van der Waals surface area contributed by atoms with E-state index in [9.17, 15) is 17.6 Å². The maximum Gasteiger partial charge on any atom is 0.417 e. The van der Waals surface area contributed by atoms with Crippen LogP contribution in [0, 0.1) is 5.82 Å². The van der Waals surface area contributed by atoms with Crippen molar-refractivity contribution in [2.24, 2.45) is 0 Å². The van der Waals surface area contributed by atoms with Gasteiger partial charge in [-0.1, -0.05) is 0 Å². The summed E-state index contributed by atoms with van der Waals surface area (Å²) in [6.07, 6.45) is -0.672. The van der Waals surface area contributed by atoms with E-state index in [1.807, 2.05) is 4.57 Å². The molecule has 0 bridgehead atoms. The number of hydrogen-bond acceptors (Lipinski definition) is 6. The summed E-state index contributed by atoms with van der Waals surface area (Å²) in [4.78, 5) is 17.4. The number of alkyl halides is 3. The molecule has 0 saturated carbocycles. The molecule has 1 atom stereocenters. The normalized spacial score (nSPS) is 15.2. The first-order valence-electron chi connectivity index (χ1n) is 10.9. The summed E-state index contributed by atoms with van der Waals surface area (Å²) in [6.45, 7) is 0.182. The van der Waals surface area contributed by atoms with Crippen LogP contribution in [-0.2, 0) is 12.6 Å². The zero-order chi connectivity index (χ0) is 24.6. The molecule has 0 spiro atoms. The van der Waals surface area contributed by atoms with E-state index in [2.05, 4.69) is 20.3 Å². The minimum atomic E-state index is -4.46. The summed E-state index contributed by atoms with van der Waals surface area (Å²) in [7, 11) is 1.72. The van der Waals surface area contributed by atoms with Gasteiger partial charge in [0, 0.05) is 37.5 Å². The number of benzene rings is 1. The zero-order valence-corrected chi connectivity index (χ0v) is 18.6. The number of aryl methyl sites for hydroxylation is 1. The van der Waals surface area contributed by atoms with E-state index in [4.69, 9.17) is 9.72 Å². The van der Waals surface area contributed by atoms with E-state index in [1.165, 1.54) is 18.2 Å². The molecule has 1 aliphatic heterocycles. The molecule has 0 saturated heterocycles. The summed E-state index contributed by atoms with van der Waals surface area (Å²) in [5.41, 5.74) is 1.91. The number of nitrogens with one attached hydrogen (secondary N) is 1. The molecule has 180 valence electrons. The molecule has 4 aromatic rings. The lowest BCUT2D eigenvalue weighted by Crippen LogP contribution is -2.16. The Morgan fingerprint density at radius 2 is 1.86 bits per heavy atom. The average molecular weight is 484 g/mol. The second kappa shape index (κ2) is 8.97. The van der Waals surface area contributed by atoms with Crippen LogP contribution in [0.3, 0.4) is 0 Å². The van der Waals surface area contributed by atoms with Crippen LogP contribution in [-0.4, -0.2) is 38.2 Å². The fraction of sp³-hybridized carbons (Fsp3) is 0.250. The maximum atomic E-state index is 13.6. The Bertz CT molecular complexity index is 1340. The van der Waals surface area contributed by atoms with Gasteiger partial charge in [-0.3, -0.25) is 0 Å². The minimum Gasteiger partial charge on any atom is -0.475 e. The van der Waals surface area contributed by atoms with Crippen molar-refractivity contribution in [3.05, 3.63) is 72.1 Å². The Balaban J connectivity index is 1.50. The quantitative estimate of drug-likeness (QED) is 0.381. The van der Waals surface area contributed by atoms with Crippen molar-refractivity contribution in [1.82, 2.24) is 24.5 Å². The monoisotopic (exact) mass is 484 g/mol. The highest BCUT2D eigenvalue weighted by atomic mass is 19.4. The molecule has 1 aromatic carbocycles. The van der Waals surface area contributed by atoms with Crippen molar-refractivity contribution in [3.63, 3.8) is 0 Å². The molecule has 1 aliphatic rings. The van der Waals surface area contributed by atoms with Crippen molar-refractivity contribution in [2.75, 3.05) is 19.0 Å². The molecule has 0 aliphatic carbocycles. The van der Waals surface area contributed by atoms with Gasteiger partial charge in [-0.2, -0.15) is 13.2 Å². The Morgan fingerprint density at radius 3 is 2.54 bits per heavy atom. The highest BCUT2D eigenvalue weighted by Gasteiger charge is 2.32. The Morgan fingerprint density at radius 1 is 1.06 bits per heavy atom. The van der Waals surface area contributed by atoms with Crippen LogP contribution in [0.5, 0.6) is 5.88 Å². The Labute approximate surface area is 197 Å². The van der Waals surface area contributed by atoms with Crippen LogP contribution < -0.4 is 10.1 Å². The van der Waals surface area contributed by atoms with Crippen LogP contribution in [0.15, 0.2) is 54.9 Å². The predicted molar refractivity (Wildman–Crippen MR) is 120 cm³/mol. The molecule has 0 fully saturated rings. The highest BCUT2D eigenvalue weighted by Crippen LogP contribution is 2.39. The Hall–Kier alpha value is -4.02. The topological polar surface area (TPSA) is 77.8 Å². The summed E-state index contributed by atoms with van der Waals surface area (Å²) in [5.74, 6) is 1.00. The van der Waals surface area contributed by atoms with Gasteiger partial charge in [0.15, 0.2) is 0 Å². The average Bonchev–Trinajstić information content (AvgIpc) is 3.42. The first kappa shape index (κ1) is 22.8. The smallest absolute Gasteiger partial charge is 0.417 e. The largest absolute Gasteiger partial charge is 0.475 e. The van der Waals surface area contributed by atoms with Crippen LogP contribution in [0.4, 0.5) is 23.5 Å². The van der Waals surface area contributed by atoms with Gasteiger partial charge in [0.2, 0.25) is 11.8 Å². The van der Waals surface area contributed by atoms with Gasteiger partial charge >= 0.3 is 6.18 Å². The van der Waals surface area contributed by atoms with E-state index in [-0.39, 0.29) is 24.3 Å². The van der Waals surface area contributed by atoms with E-state index in [0.717, 1.165) is 35.8 Å². The number of aromatic nitrogens is 5. The first-order chi connectivity index (χ1) is 16.8. The van der Waals surface area contributed by atoms with Gasteiger partial charge in [-0.25, -0.2) is 24.3 Å². The van der Waals surface area contributed by atoms with Gasteiger partial charge < -0.3 is 14.6 Å². The number of anilines is 1. The van der Waals surface area contributed by atoms with E-state index >= 15 is 0 Å². The molecular formula is C24H20F4N6O. The molecule has 7 nitrogen and oxygen atoms in total. The van der Waals surface area contributed by atoms with Crippen LogP contribution in [0.1, 0.15) is 23.9 Å². The molecule has 4 heterocycles. The number of pyridine rings is 1. The second-order valence-corrected chi connectivity index (χ2v) is 8.00. The van der Waals surface area contributed by atoms with Crippen molar-refractivity contribution >= 4 is 5.95 Å². The number of nitrogens with zero attached hydrogens (tertiary/aromatic N) is 5. The van der Waals surface area contributed by atoms with Crippen molar-refractivity contribution in [2.45, 2.75) is 25.1 Å². The molecule has 1 N–H and O–H groups in total. The number of imidazole rings is 1. The summed E-state index contributed by atoms with van der Waals surface area (Å²) in [6, 6.07) is 9.84. The van der Waals surface area contributed by atoms with E-state index < -0.39 is 11.7 Å². The second-order valence-electron chi connectivity index (χ2n) is 8.00. The molecule has 0 radical (unpaired) electrons. The minimum absolute atomic E-state index is 0.103. The van der Waals surface area contributed by atoms with Crippen molar-refractivity contribution in [1.29, 1.82) is 0 Å². The van der Waals surface area contributed by atoms with Crippen molar-refractivity contribution in [3.8, 4) is 28.5 Å². The van der Waals surface area contributed by atoms with Gasteiger partial charge in [-0.15, -0.1) is 0 Å².